The normalized spacial score (nSPS) is 11.0. The number of hydrogen-bond acceptors (Lipinski definition) is 5. The average Bonchev–Trinajstić information content (AvgIpc) is 3.15. The Labute approximate surface area is 144 Å². The van der Waals surface area contributed by atoms with Gasteiger partial charge in [0.05, 0.1) is 12.7 Å². The lowest BCUT2D eigenvalue weighted by atomic mass is 10.1. The summed E-state index contributed by atoms with van der Waals surface area (Å²) in [5.41, 5.74) is 1.23. The van der Waals surface area contributed by atoms with Crippen molar-refractivity contribution in [1.29, 1.82) is 0 Å². The summed E-state index contributed by atoms with van der Waals surface area (Å²) in [7, 11) is 0. The van der Waals surface area contributed by atoms with Gasteiger partial charge in [-0.2, -0.15) is 0 Å². The highest BCUT2D eigenvalue weighted by molar-refractivity contribution is 5.37. The molecule has 130 valence electrons. The zero-order valence-corrected chi connectivity index (χ0v) is 13.6. The van der Waals surface area contributed by atoms with Gasteiger partial charge in [0.2, 0.25) is 5.89 Å². The summed E-state index contributed by atoms with van der Waals surface area (Å²) in [5.74, 6) is 0.478. The summed E-state index contributed by atoms with van der Waals surface area (Å²) in [5, 5.41) is 0. The van der Waals surface area contributed by atoms with Gasteiger partial charge in [0.25, 0.3) is 6.43 Å². The molecule has 0 aliphatic rings. The molecule has 0 saturated heterocycles. The largest absolute Gasteiger partial charge is 0.447 e. The van der Waals surface area contributed by atoms with Gasteiger partial charge in [-0.3, -0.25) is 0 Å². The molecular weight excluding hydrogens is 326 g/mol. The van der Waals surface area contributed by atoms with Gasteiger partial charge in [0, 0.05) is 12.7 Å². The number of alkyl halides is 2. The summed E-state index contributed by atoms with van der Waals surface area (Å²) >= 11 is 0. The van der Waals surface area contributed by atoms with Gasteiger partial charge in [0.15, 0.2) is 5.82 Å². The maximum absolute atomic E-state index is 12.9. The van der Waals surface area contributed by atoms with Crippen LogP contribution in [0.5, 0.6) is 0 Å². The van der Waals surface area contributed by atoms with Crippen LogP contribution < -0.4 is 4.90 Å². The predicted octanol–water partition coefficient (Wildman–Crippen LogP) is 4.04. The monoisotopic (exact) mass is 344 g/mol. The maximum atomic E-state index is 12.9. The maximum Gasteiger partial charge on any atom is 0.297 e. The van der Waals surface area contributed by atoms with Crippen LogP contribution in [0.15, 0.2) is 59.5 Å². The lowest BCUT2D eigenvalue weighted by Crippen LogP contribution is -2.26. The molecule has 0 aliphatic carbocycles. The molecule has 0 unspecified atom stereocenters. The van der Waals surface area contributed by atoms with E-state index in [0.29, 0.717) is 24.8 Å². The van der Waals surface area contributed by atoms with E-state index in [2.05, 4.69) is 27.1 Å². The fourth-order valence-corrected chi connectivity index (χ4v) is 2.53. The van der Waals surface area contributed by atoms with Crippen molar-refractivity contribution in [2.75, 3.05) is 11.4 Å². The van der Waals surface area contributed by atoms with E-state index in [-0.39, 0.29) is 0 Å². The fourth-order valence-electron chi connectivity index (χ4n) is 2.53. The van der Waals surface area contributed by atoms with Crippen molar-refractivity contribution < 1.29 is 13.2 Å². The summed E-state index contributed by atoms with van der Waals surface area (Å²) in [6, 6.07) is 11.7. The molecule has 0 saturated carbocycles. The van der Waals surface area contributed by atoms with Crippen LogP contribution >= 0.6 is 0 Å². The number of oxazole rings is 1. The van der Waals surface area contributed by atoms with Gasteiger partial charge in [-0.05, 0) is 24.5 Å². The van der Waals surface area contributed by atoms with Gasteiger partial charge in [0.1, 0.15) is 12.1 Å². The molecule has 25 heavy (non-hydrogen) atoms. The summed E-state index contributed by atoms with van der Waals surface area (Å²) < 4.78 is 31.1. The second-order valence-electron chi connectivity index (χ2n) is 5.51. The molecule has 0 amide bonds. The highest BCUT2D eigenvalue weighted by Crippen LogP contribution is 2.19. The van der Waals surface area contributed by atoms with Gasteiger partial charge < -0.3 is 9.32 Å². The van der Waals surface area contributed by atoms with Crippen LogP contribution in [0.25, 0.3) is 0 Å². The molecule has 5 nitrogen and oxygen atoms in total. The highest BCUT2D eigenvalue weighted by atomic mass is 19.3. The fraction of sp³-hybridized carbons (Fsp3) is 0.278. The van der Waals surface area contributed by atoms with Crippen LogP contribution in [0.4, 0.5) is 14.6 Å². The van der Waals surface area contributed by atoms with Crippen LogP contribution in [0.3, 0.4) is 0 Å². The van der Waals surface area contributed by atoms with Crippen molar-refractivity contribution in [2.45, 2.75) is 25.8 Å². The number of rotatable bonds is 8. The first-order valence-electron chi connectivity index (χ1n) is 8.00. The number of halogens is 2. The number of hydrogen-bond donors (Lipinski definition) is 0. The Kier molecular flexibility index (Phi) is 5.66. The third kappa shape index (κ3) is 4.82. The summed E-state index contributed by atoms with van der Waals surface area (Å²) in [4.78, 5) is 13.6. The molecule has 2 aromatic heterocycles. The Hall–Kier alpha value is -2.83. The van der Waals surface area contributed by atoms with Crippen LogP contribution in [-0.4, -0.2) is 21.5 Å². The third-order valence-electron chi connectivity index (χ3n) is 3.72. The van der Waals surface area contributed by atoms with Gasteiger partial charge >= 0.3 is 0 Å². The minimum absolute atomic E-state index is 0.363. The Bertz CT molecular complexity index is 766. The zero-order chi connectivity index (χ0) is 17.5. The Morgan fingerprint density at radius 2 is 1.88 bits per heavy atom. The molecule has 2 heterocycles. The number of aryl methyl sites for hydroxylation is 1. The van der Waals surface area contributed by atoms with Gasteiger partial charge in [-0.1, -0.05) is 30.3 Å². The molecule has 0 spiro atoms. The van der Waals surface area contributed by atoms with Crippen LogP contribution in [0.2, 0.25) is 0 Å². The predicted molar refractivity (Wildman–Crippen MR) is 89.3 cm³/mol. The van der Waals surface area contributed by atoms with Crippen molar-refractivity contribution in [3.05, 3.63) is 72.3 Å². The van der Waals surface area contributed by atoms with E-state index >= 15 is 0 Å². The van der Waals surface area contributed by atoms with E-state index in [0.717, 1.165) is 12.8 Å². The smallest absolute Gasteiger partial charge is 0.297 e. The van der Waals surface area contributed by atoms with E-state index in [9.17, 15) is 8.78 Å². The SMILES string of the molecule is FC(F)c1nccc(N(CCCc2ccccc2)Cc2ncco2)n1. The molecule has 0 atom stereocenters. The van der Waals surface area contributed by atoms with E-state index in [1.165, 1.54) is 18.0 Å². The summed E-state index contributed by atoms with van der Waals surface area (Å²) in [6.07, 6.45) is 3.43. The number of anilines is 1. The average molecular weight is 344 g/mol. The molecule has 0 bridgehead atoms. The second-order valence-corrected chi connectivity index (χ2v) is 5.51. The number of nitrogens with zero attached hydrogens (tertiary/aromatic N) is 4. The minimum Gasteiger partial charge on any atom is -0.447 e. The summed E-state index contributed by atoms with van der Waals surface area (Å²) in [6.45, 7) is 0.998. The molecule has 0 fully saturated rings. The standard InChI is InChI=1S/C18H18F2N4O/c19-17(20)18-22-9-8-15(23-18)24(13-16-21-10-12-25-16)11-4-7-14-5-2-1-3-6-14/h1-3,5-6,8-10,12,17H,4,7,11,13H2. The van der Waals surface area contributed by atoms with Gasteiger partial charge in [-0.15, -0.1) is 0 Å². The molecule has 7 heteroatoms. The van der Waals surface area contributed by atoms with Gasteiger partial charge in [-0.25, -0.2) is 23.7 Å². The van der Waals surface area contributed by atoms with Crippen LogP contribution in [-0.2, 0) is 13.0 Å². The van der Waals surface area contributed by atoms with Crippen molar-refractivity contribution in [1.82, 2.24) is 15.0 Å². The van der Waals surface area contributed by atoms with Crippen molar-refractivity contribution >= 4 is 5.82 Å². The van der Waals surface area contributed by atoms with Crippen molar-refractivity contribution in [2.24, 2.45) is 0 Å². The number of benzene rings is 1. The van der Waals surface area contributed by atoms with E-state index in [1.54, 1.807) is 12.3 Å². The molecule has 3 aromatic rings. The number of aromatic nitrogens is 3. The topological polar surface area (TPSA) is 55.1 Å². The molecule has 1 aromatic carbocycles. The molecule has 0 aliphatic heterocycles. The minimum atomic E-state index is -2.70. The van der Waals surface area contributed by atoms with E-state index in [4.69, 9.17) is 4.42 Å². The highest BCUT2D eigenvalue weighted by Gasteiger charge is 2.16. The zero-order valence-electron chi connectivity index (χ0n) is 13.6. The quantitative estimate of drug-likeness (QED) is 0.617. The van der Waals surface area contributed by atoms with E-state index < -0.39 is 12.2 Å². The first-order valence-corrected chi connectivity index (χ1v) is 8.00. The molecule has 0 radical (unpaired) electrons. The first kappa shape index (κ1) is 17.0. The van der Waals surface area contributed by atoms with Crippen LogP contribution in [0.1, 0.15) is 30.1 Å². The first-order chi connectivity index (χ1) is 12.2. The van der Waals surface area contributed by atoms with Crippen LogP contribution in [0, 0.1) is 0 Å². The third-order valence-corrected chi connectivity index (χ3v) is 3.72. The Balaban J connectivity index is 1.71. The lowest BCUT2D eigenvalue weighted by molar-refractivity contribution is 0.140. The molecule has 3 rings (SSSR count). The van der Waals surface area contributed by atoms with Crippen molar-refractivity contribution in [3.8, 4) is 0 Å². The molecular formula is C18H18F2N4O. The molecule has 0 N–H and O–H groups in total. The Morgan fingerprint density at radius 1 is 1.04 bits per heavy atom. The van der Waals surface area contributed by atoms with Crippen molar-refractivity contribution in [3.63, 3.8) is 0 Å². The van der Waals surface area contributed by atoms with E-state index in [1.807, 2.05) is 23.1 Å². The lowest BCUT2D eigenvalue weighted by Gasteiger charge is -2.22. The Morgan fingerprint density at radius 3 is 2.60 bits per heavy atom. The second kappa shape index (κ2) is 8.32.